The molecular formula is C13H13ClN2O3. The molecule has 1 atom stereocenters. The fourth-order valence-electron chi connectivity index (χ4n) is 2.41. The molecule has 19 heavy (non-hydrogen) atoms. The van der Waals surface area contributed by atoms with Crippen LogP contribution in [0, 0.1) is 0 Å². The fraction of sp³-hybridized carbons (Fsp3) is 0.385. The Morgan fingerprint density at radius 2 is 2.32 bits per heavy atom. The molecule has 5 nitrogen and oxygen atoms in total. The van der Waals surface area contributed by atoms with Crippen LogP contribution in [0.15, 0.2) is 18.2 Å². The van der Waals surface area contributed by atoms with Crippen molar-refractivity contribution < 1.29 is 14.3 Å². The lowest BCUT2D eigenvalue weighted by atomic mass is 10.1. The summed E-state index contributed by atoms with van der Waals surface area (Å²) >= 11 is 5.97. The molecular weight excluding hydrogens is 268 g/mol. The van der Waals surface area contributed by atoms with Crippen molar-refractivity contribution in [3.8, 4) is 5.75 Å². The van der Waals surface area contributed by atoms with E-state index in [-0.39, 0.29) is 11.8 Å². The van der Waals surface area contributed by atoms with Crippen LogP contribution in [0.3, 0.4) is 0 Å². The van der Waals surface area contributed by atoms with E-state index in [2.05, 4.69) is 5.32 Å². The highest BCUT2D eigenvalue weighted by atomic mass is 35.5. The lowest BCUT2D eigenvalue weighted by Crippen LogP contribution is -2.47. The van der Waals surface area contributed by atoms with Crippen molar-refractivity contribution in [2.75, 3.05) is 18.1 Å². The molecule has 1 fully saturated rings. The molecule has 2 aliphatic heterocycles. The fourth-order valence-corrected chi connectivity index (χ4v) is 2.57. The third-order valence-corrected chi connectivity index (χ3v) is 3.58. The highest BCUT2D eigenvalue weighted by Gasteiger charge is 2.33. The number of anilines is 1. The lowest BCUT2D eigenvalue weighted by Gasteiger charge is -2.31. The molecule has 0 aromatic heterocycles. The van der Waals surface area contributed by atoms with Crippen molar-refractivity contribution in [3.63, 3.8) is 0 Å². The van der Waals surface area contributed by atoms with Gasteiger partial charge in [0.25, 0.3) is 0 Å². The van der Waals surface area contributed by atoms with E-state index in [1.807, 2.05) is 0 Å². The molecule has 0 radical (unpaired) electrons. The minimum atomic E-state index is -0.433. The Hall–Kier alpha value is -1.75. The van der Waals surface area contributed by atoms with E-state index < -0.39 is 6.04 Å². The topological polar surface area (TPSA) is 58.6 Å². The van der Waals surface area contributed by atoms with E-state index in [0.717, 1.165) is 0 Å². The summed E-state index contributed by atoms with van der Waals surface area (Å²) in [6.07, 6.45) is 0.952. The number of nitrogens with zero attached hydrogens (tertiary/aromatic N) is 1. The lowest BCUT2D eigenvalue weighted by molar-refractivity contribution is -0.124. The molecule has 1 saturated heterocycles. The zero-order valence-corrected chi connectivity index (χ0v) is 10.9. The molecule has 2 heterocycles. The molecule has 0 bridgehead atoms. The predicted octanol–water partition coefficient (Wildman–Crippen LogP) is 1.34. The molecule has 1 unspecified atom stereocenters. The molecule has 2 aliphatic rings. The normalized spacial score (nSPS) is 21.6. The number of ether oxygens (including phenoxy) is 1. The maximum absolute atomic E-state index is 12.4. The van der Waals surface area contributed by atoms with Crippen molar-refractivity contribution in [3.05, 3.63) is 23.2 Å². The van der Waals surface area contributed by atoms with E-state index in [9.17, 15) is 9.59 Å². The molecule has 0 aliphatic carbocycles. The number of amides is 2. The molecule has 1 aromatic carbocycles. The van der Waals surface area contributed by atoms with E-state index >= 15 is 0 Å². The Balaban J connectivity index is 1.88. The Bertz CT molecular complexity index is 547. The van der Waals surface area contributed by atoms with E-state index in [4.69, 9.17) is 16.3 Å². The summed E-state index contributed by atoms with van der Waals surface area (Å²) in [5, 5.41) is 3.25. The van der Waals surface area contributed by atoms with Crippen LogP contribution in [0.5, 0.6) is 5.75 Å². The summed E-state index contributed by atoms with van der Waals surface area (Å²) < 4.78 is 5.50. The third-order valence-electron chi connectivity index (χ3n) is 3.34. The number of hydrogen-bond donors (Lipinski definition) is 1. The van der Waals surface area contributed by atoms with Crippen molar-refractivity contribution in [2.45, 2.75) is 18.9 Å². The van der Waals surface area contributed by atoms with Gasteiger partial charge in [0.15, 0.2) is 0 Å². The zero-order valence-electron chi connectivity index (χ0n) is 10.2. The minimum Gasteiger partial charge on any atom is -0.490 e. The van der Waals surface area contributed by atoms with Crippen LogP contribution in [0.25, 0.3) is 0 Å². The Labute approximate surface area is 115 Å². The number of hydrogen-bond acceptors (Lipinski definition) is 3. The molecule has 1 N–H and O–H groups in total. The molecule has 6 heteroatoms. The second-order valence-electron chi connectivity index (χ2n) is 4.61. The van der Waals surface area contributed by atoms with Gasteiger partial charge < -0.3 is 15.0 Å². The number of carbonyl (C=O) groups excluding carboxylic acids is 2. The average molecular weight is 281 g/mol. The number of fused-ring (bicyclic) bond motifs is 1. The number of benzene rings is 1. The van der Waals surface area contributed by atoms with Crippen molar-refractivity contribution in [1.29, 1.82) is 0 Å². The maximum Gasteiger partial charge on any atom is 0.249 e. The van der Waals surface area contributed by atoms with Gasteiger partial charge in [-0.15, -0.1) is 0 Å². The number of rotatable bonds is 1. The molecule has 0 saturated carbocycles. The van der Waals surface area contributed by atoms with Gasteiger partial charge in [-0.1, -0.05) is 11.6 Å². The maximum atomic E-state index is 12.4. The van der Waals surface area contributed by atoms with Crippen LogP contribution in [-0.2, 0) is 9.59 Å². The highest BCUT2D eigenvalue weighted by molar-refractivity contribution is 6.31. The molecule has 3 rings (SSSR count). The molecule has 1 aromatic rings. The van der Waals surface area contributed by atoms with Crippen LogP contribution in [0.1, 0.15) is 12.8 Å². The first-order chi connectivity index (χ1) is 9.15. The molecule has 0 spiro atoms. The largest absolute Gasteiger partial charge is 0.490 e. The summed E-state index contributed by atoms with van der Waals surface area (Å²) in [6.45, 7) is 0.916. The van der Waals surface area contributed by atoms with Crippen molar-refractivity contribution in [1.82, 2.24) is 5.32 Å². The van der Waals surface area contributed by atoms with Gasteiger partial charge in [0, 0.05) is 11.4 Å². The van der Waals surface area contributed by atoms with Gasteiger partial charge in [0.05, 0.1) is 12.2 Å². The summed E-state index contributed by atoms with van der Waals surface area (Å²) in [5.74, 6) is 0.476. The van der Waals surface area contributed by atoms with Gasteiger partial charge in [-0.05, 0) is 24.6 Å². The van der Waals surface area contributed by atoms with Crippen LogP contribution in [-0.4, -0.2) is 31.0 Å². The summed E-state index contributed by atoms with van der Waals surface area (Å²) in [6, 6.07) is 4.76. The minimum absolute atomic E-state index is 0.0714. The average Bonchev–Trinajstić information content (AvgIpc) is 2.84. The molecule has 2 amide bonds. The van der Waals surface area contributed by atoms with Crippen LogP contribution in [0.2, 0.25) is 5.02 Å². The predicted molar refractivity (Wildman–Crippen MR) is 70.5 cm³/mol. The third kappa shape index (κ3) is 2.26. The van der Waals surface area contributed by atoms with E-state index in [1.54, 1.807) is 23.1 Å². The Morgan fingerprint density at radius 1 is 1.47 bits per heavy atom. The van der Waals surface area contributed by atoms with Gasteiger partial charge in [0.2, 0.25) is 11.8 Å². The highest BCUT2D eigenvalue weighted by Crippen LogP contribution is 2.34. The zero-order chi connectivity index (χ0) is 13.4. The SMILES string of the molecule is O=C1CCC(C(=O)N2CCOc3ccc(Cl)cc32)N1. The van der Waals surface area contributed by atoms with Gasteiger partial charge in [-0.3, -0.25) is 9.59 Å². The van der Waals surface area contributed by atoms with Gasteiger partial charge in [-0.25, -0.2) is 0 Å². The smallest absolute Gasteiger partial charge is 0.249 e. The first-order valence-corrected chi connectivity index (χ1v) is 6.56. The van der Waals surface area contributed by atoms with Crippen LogP contribution in [0.4, 0.5) is 5.69 Å². The second-order valence-corrected chi connectivity index (χ2v) is 5.05. The van der Waals surface area contributed by atoms with E-state index in [1.165, 1.54) is 0 Å². The van der Waals surface area contributed by atoms with Crippen molar-refractivity contribution >= 4 is 29.1 Å². The number of halogens is 1. The van der Waals surface area contributed by atoms with Crippen LogP contribution < -0.4 is 15.0 Å². The first-order valence-electron chi connectivity index (χ1n) is 6.18. The number of nitrogens with one attached hydrogen (secondary N) is 1. The summed E-state index contributed by atoms with van der Waals surface area (Å²) in [4.78, 5) is 25.3. The Kier molecular flexibility index (Phi) is 3.06. The van der Waals surface area contributed by atoms with Gasteiger partial charge in [0.1, 0.15) is 18.4 Å². The van der Waals surface area contributed by atoms with Crippen molar-refractivity contribution in [2.24, 2.45) is 0 Å². The quantitative estimate of drug-likeness (QED) is 0.845. The van der Waals surface area contributed by atoms with E-state index in [0.29, 0.717) is 42.5 Å². The molecule has 100 valence electrons. The summed E-state index contributed by atoms with van der Waals surface area (Å²) in [5.41, 5.74) is 0.671. The monoisotopic (exact) mass is 280 g/mol. The Morgan fingerprint density at radius 3 is 3.05 bits per heavy atom. The standard InChI is InChI=1S/C13H13ClN2O3/c14-8-1-3-11-10(7-8)16(5-6-19-11)13(18)9-2-4-12(17)15-9/h1,3,7,9H,2,4-6H2,(H,15,17). The second kappa shape index (κ2) is 4.74. The first kappa shape index (κ1) is 12.3. The van der Waals surface area contributed by atoms with Gasteiger partial charge in [-0.2, -0.15) is 0 Å². The van der Waals surface area contributed by atoms with Gasteiger partial charge >= 0.3 is 0 Å². The van der Waals surface area contributed by atoms with Crippen LogP contribution >= 0.6 is 11.6 Å². The summed E-state index contributed by atoms with van der Waals surface area (Å²) in [7, 11) is 0. The number of carbonyl (C=O) groups is 2.